The summed E-state index contributed by atoms with van der Waals surface area (Å²) in [5, 5.41) is 11.1. The normalized spacial score (nSPS) is 12.2. The molecule has 0 saturated carbocycles. The van der Waals surface area contributed by atoms with Crippen molar-refractivity contribution < 1.29 is 0 Å². The zero-order valence-electron chi connectivity index (χ0n) is 15.9. The second-order valence-electron chi connectivity index (χ2n) is 7.01. The van der Waals surface area contributed by atoms with Gasteiger partial charge >= 0.3 is 0 Å². The molecule has 1 aromatic carbocycles. The first-order chi connectivity index (χ1) is 12.0. The highest BCUT2D eigenvalue weighted by Crippen LogP contribution is 2.22. The Morgan fingerprint density at radius 3 is 2.60 bits per heavy atom. The van der Waals surface area contributed by atoms with E-state index in [1.807, 2.05) is 10.9 Å². The highest BCUT2D eigenvalue weighted by atomic mass is 15.3. The molecule has 0 atom stereocenters. The lowest BCUT2D eigenvalue weighted by molar-refractivity contribution is 0.535. The Morgan fingerprint density at radius 1 is 1.20 bits per heavy atom. The monoisotopic (exact) mass is 341 g/mol. The Hall–Kier alpha value is -2.30. The number of aliphatic imine (C=N–C) groups is 1. The average molecular weight is 342 g/mol. The van der Waals surface area contributed by atoms with Gasteiger partial charge in [0.25, 0.3) is 0 Å². The van der Waals surface area contributed by atoms with Gasteiger partial charge in [-0.1, -0.05) is 44.2 Å². The fourth-order valence-electron chi connectivity index (χ4n) is 2.64. The minimum Gasteiger partial charge on any atom is -0.357 e. The van der Waals surface area contributed by atoms with Crippen LogP contribution in [0.2, 0.25) is 0 Å². The SMILES string of the molecule is CCNC(=NCC(C)(C)c1ccccc1)NCCCn1cc(C)cn1. The number of nitrogens with zero attached hydrogens (tertiary/aromatic N) is 3. The van der Waals surface area contributed by atoms with Crippen molar-refractivity contribution in [1.29, 1.82) is 0 Å². The summed E-state index contributed by atoms with van der Waals surface area (Å²) < 4.78 is 1.99. The summed E-state index contributed by atoms with van der Waals surface area (Å²) in [5.74, 6) is 0.878. The molecule has 0 aliphatic heterocycles. The number of hydrogen-bond acceptors (Lipinski definition) is 2. The molecule has 0 unspecified atom stereocenters. The summed E-state index contributed by atoms with van der Waals surface area (Å²) in [5.41, 5.74) is 2.52. The highest BCUT2D eigenvalue weighted by molar-refractivity contribution is 5.79. The van der Waals surface area contributed by atoms with Gasteiger partial charge in [-0.05, 0) is 31.4 Å². The van der Waals surface area contributed by atoms with Crippen molar-refractivity contribution in [1.82, 2.24) is 20.4 Å². The Labute approximate surface area is 151 Å². The summed E-state index contributed by atoms with van der Waals surface area (Å²) in [4.78, 5) is 4.78. The summed E-state index contributed by atoms with van der Waals surface area (Å²) in [6.45, 7) is 12.0. The fraction of sp³-hybridized carbons (Fsp3) is 0.500. The van der Waals surface area contributed by atoms with E-state index in [-0.39, 0.29) is 5.41 Å². The molecule has 1 heterocycles. The van der Waals surface area contributed by atoms with Crippen LogP contribution in [0, 0.1) is 6.92 Å². The van der Waals surface area contributed by atoms with Crippen molar-refractivity contribution in [3.8, 4) is 0 Å². The molecule has 1 aromatic heterocycles. The first-order valence-corrected chi connectivity index (χ1v) is 9.08. The van der Waals surface area contributed by atoms with Gasteiger partial charge in [-0.3, -0.25) is 9.67 Å². The molecule has 2 rings (SSSR count). The van der Waals surface area contributed by atoms with E-state index >= 15 is 0 Å². The summed E-state index contributed by atoms with van der Waals surface area (Å²) in [6, 6.07) is 10.6. The molecule has 5 nitrogen and oxygen atoms in total. The predicted octanol–water partition coefficient (Wildman–Crippen LogP) is 3.11. The predicted molar refractivity (Wildman–Crippen MR) is 105 cm³/mol. The van der Waals surface area contributed by atoms with Crippen molar-refractivity contribution in [3.05, 3.63) is 53.9 Å². The second-order valence-corrected chi connectivity index (χ2v) is 7.01. The summed E-state index contributed by atoms with van der Waals surface area (Å²) in [7, 11) is 0. The van der Waals surface area contributed by atoms with E-state index in [9.17, 15) is 0 Å². The third-order valence-corrected chi connectivity index (χ3v) is 4.15. The van der Waals surface area contributed by atoms with Crippen LogP contribution >= 0.6 is 0 Å². The summed E-state index contributed by atoms with van der Waals surface area (Å²) in [6.07, 6.45) is 4.97. The minimum atomic E-state index is 0.0101. The van der Waals surface area contributed by atoms with Crippen LogP contribution in [0.1, 0.15) is 38.3 Å². The van der Waals surface area contributed by atoms with Crippen molar-refractivity contribution >= 4 is 5.96 Å². The van der Waals surface area contributed by atoms with Gasteiger partial charge in [-0.15, -0.1) is 0 Å². The van der Waals surface area contributed by atoms with Gasteiger partial charge in [0.1, 0.15) is 0 Å². The molecule has 0 aliphatic rings. The van der Waals surface area contributed by atoms with Gasteiger partial charge < -0.3 is 10.6 Å². The highest BCUT2D eigenvalue weighted by Gasteiger charge is 2.19. The zero-order valence-corrected chi connectivity index (χ0v) is 15.9. The van der Waals surface area contributed by atoms with Gasteiger partial charge in [0.2, 0.25) is 0 Å². The van der Waals surface area contributed by atoms with E-state index in [4.69, 9.17) is 4.99 Å². The van der Waals surface area contributed by atoms with E-state index in [0.29, 0.717) is 0 Å². The van der Waals surface area contributed by atoms with E-state index in [1.54, 1.807) is 0 Å². The molecule has 0 radical (unpaired) electrons. The molecule has 5 heteroatoms. The Balaban J connectivity index is 1.85. The molecule has 2 N–H and O–H groups in total. The van der Waals surface area contributed by atoms with E-state index < -0.39 is 0 Å². The largest absolute Gasteiger partial charge is 0.357 e. The smallest absolute Gasteiger partial charge is 0.191 e. The lowest BCUT2D eigenvalue weighted by atomic mass is 9.85. The number of guanidine groups is 1. The minimum absolute atomic E-state index is 0.0101. The number of aryl methyl sites for hydroxylation is 2. The first-order valence-electron chi connectivity index (χ1n) is 9.08. The van der Waals surface area contributed by atoms with Crippen molar-refractivity contribution in [2.75, 3.05) is 19.6 Å². The molecule has 0 spiro atoms. The quantitative estimate of drug-likeness (QED) is 0.441. The Morgan fingerprint density at radius 2 is 1.96 bits per heavy atom. The van der Waals surface area contributed by atoms with Gasteiger partial charge in [0.05, 0.1) is 12.7 Å². The standard InChI is InChI=1S/C20H31N5/c1-5-21-19(22-12-9-13-25-15-17(2)14-24-25)23-16-20(3,4)18-10-7-6-8-11-18/h6-8,10-11,14-15H,5,9,12-13,16H2,1-4H3,(H2,21,22,23). The van der Waals surface area contributed by atoms with Crippen LogP contribution in [0.4, 0.5) is 0 Å². The van der Waals surface area contributed by atoms with Crippen LogP contribution < -0.4 is 10.6 Å². The maximum Gasteiger partial charge on any atom is 0.191 e. The maximum absolute atomic E-state index is 4.78. The van der Waals surface area contributed by atoms with Crippen LogP contribution in [0.15, 0.2) is 47.7 Å². The Bertz CT molecular complexity index is 658. The van der Waals surface area contributed by atoms with Gasteiger partial charge in [0.15, 0.2) is 5.96 Å². The van der Waals surface area contributed by atoms with Gasteiger partial charge in [0, 0.05) is 31.2 Å². The summed E-state index contributed by atoms with van der Waals surface area (Å²) >= 11 is 0. The molecule has 2 aromatic rings. The second kappa shape index (κ2) is 9.25. The van der Waals surface area contributed by atoms with Gasteiger partial charge in [-0.2, -0.15) is 5.10 Å². The number of nitrogens with one attached hydrogen (secondary N) is 2. The lowest BCUT2D eigenvalue weighted by Gasteiger charge is -2.24. The van der Waals surface area contributed by atoms with Crippen LogP contribution in [-0.2, 0) is 12.0 Å². The van der Waals surface area contributed by atoms with Crippen LogP contribution in [-0.4, -0.2) is 35.4 Å². The molecular formula is C20H31N5. The average Bonchev–Trinajstić information content (AvgIpc) is 3.02. The molecule has 0 aliphatic carbocycles. The number of benzene rings is 1. The third kappa shape index (κ3) is 6.25. The van der Waals surface area contributed by atoms with Crippen molar-refractivity contribution in [3.63, 3.8) is 0 Å². The van der Waals surface area contributed by atoms with Crippen LogP contribution in [0.3, 0.4) is 0 Å². The molecule has 25 heavy (non-hydrogen) atoms. The number of rotatable bonds is 8. The molecule has 0 bridgehead atoms. The topological polar surface area (TPSA) is 54.2 Å². The first kappa shape index (κ1) is 19.0. The number of aromatic nitrogens is 2. The number of hydrogen-bond donors (Lipinski definition) is 2. The van der Waals surface area contributed by atoms with E-state index in [1.165, 1.54) is 11.1 Å². The van der Waals surface area contributed by atoms with Crippen molar-refractivity contribution in [2.24, 2.45) is 4.99 Å². The lowest BCUT2D eigenvalue weighted by Crippen LogP contribution is -2.39. The molecule has 0 saturated heterocycles. The molecule has 136 valence electrons. The van der Waals surface area contributed by atoms with Crippen molar-refractivity contribution in [2.45, 2.75) is 46.1 Å². The molecule has 0 amide bonds. The van der Waals surface area contributed by atoms with Gasteiger partial charge in [-0.25, -0.2) is 0 Å². The van der Waals surface area contributed by atoms with Crippen LogP contribution in [0.25, 0.3) is 0 Å². The third-order valence-electron chi connectivity index (χ3n) is 4.15. The van der Waals surface area contributed by atoms with E-state index in [0.717, 1.165) is 38.6 Å². The Kier molecular flexibility index (Phi) is 7.04. The zero-order chi connectivity index (χ0) is 18.1. The maximum atomic E-state index is 4.78. The molecular weight excluding hydrogens is 310 g/mol. The van der Waals surface area contributed by atoms with Crippen LogP contribution in [0.5, 0.6) is 0 Å². The van der Waals surface area contributed by atoms with E-state index in [2.05, 4.69) is 80.0 Å². The molecule has 0 fully saturated rings. The fourth-order valence-corrected chi connectivity index (χ4v) is 2.64.